The maximum absolute atomic E-state index is 3.51. The molecule has 1 rings (SSSR count). The molecule has 2 nitrogen and oxygen atoms in total. The van der Waals surface area contributed by atoms with Crippen LogP contribution in [0.25, 0.3) is 0 Å². The van der Waals surface area contributed by atoms with Crippen LogP contribution in [0.3, 0.4) is 0 Å². The molecule has 0 aliphatic carbocycles. The van der Waals surface area contributed by atoms with Crippen LogP contribution in [0.1, 0.15) is 40.5 Å². The van der Waals surface area contributed by atoms with Crippen molar-refractivity contribution in [3.8, 4) is 0 Å². The van der Waals surface area contributed by atoms with Crippen molar-refractivity contribution in [1.82, 2.24) is 10.2 Å². The fourth-order valence-corrected chi connectivity index (χ4v) is 2.63. The number of likely N-dealkylation sites (tertiary alicyclic amines) is 1. The number of nitrogens with one attached hydrogen (secondary N) is 1. The van der Waals surface area contributed by atoms with Crippen LogP contribution in [-0.4, -0.2) is 37.1 Å². The average Bonchev–Trinajstić information content (AvgIpc) is 2.45. The van der Waals surface area contributed by atoms with Gasteiger partial charge >= 0.3 is 0 Å². The summed E-state index contributed by atoms with van der Waals surface area (Å²) >= 11 is 0. The van der Waals surface area contributed by atoms with Crippen LogP contribution in [0.15, 0.2) is 0 Å². The molecule has 0 saturated carbocycles. The first-order valence-corrected chi connectivity index (χ1v) is 6.58. The van der Waals surface area contributed by atoms with Gasteiger partial charge in [0.15, 0.2) is 0 Å². The Kier molecular flexibility index (Phi) is 5.62. The minimum Gasteiger partial charge on any atom is -0.316 e. The normalized spacial score (nSPS) is 29.6. The number of hydrogen-bond donors (Lipinski definition) is 1. The van der Waals surface area contributed by atoms with Crippen LogP contribution >= 0.6 is 0 Å². The predicted octanol–water partition coefficient (Wildman–Crippen LogP) is 2.35. The van der Waals surface area contributed by atoms with E-state index in [4.69, 9.17) is 0 Å². The molecule has 90 valence electrons. The molecule has 0 aromatic carbocycles. The van der Waals surface area contributed by atoms with Gasteiger partial charge in [0.25, 0.3) is 0 Å². The van der Waals surface area contributed by atoms with Gasteiger partial charge in [-0.3, -0.25) is 0 Å². The minimum atomic E-state index is 0.782. The molecule has 1 N–H and O–H groups in total. The van der Waals surface area contributed by atoms with Crippen LogP contribution in [0.4, 0.5) is 0 Å². The Bertz CT molecular complexity index is 170. The van der Waals surface area contributed by atoms with E-state index in [1.165, 1.54) is 32.5 Å². The first-order chi connectivity index (χ1) is 7.13. The maximum Gasteiger partial charge on any atom is 0.00701 e. The van der Waals surface area contributed by atoms with E-state index >= 15 is 0 Å². The maximum atomic E-state index is 3.51. The van der Waals surface area contributed by atoms with Gasteiger partial charge in [-0.1, -0.05) is 20.8 Å². The van der Waals surface area contributed by atoms with Crippen molar-refractivity contribution in [3.63, 3.8) is 0 Å². The summed E-state index contributed by atoms with van der Waals surface area (Å²) in [5.74, 6) is 1.68. The molecule has 0 aromatic heterocycles. The fraction of sp³-hybridized carbons (Fsp3) is 1.00. The second kappa shape index (κ2) is 6.49. The van der Waals surface area contributed by atoms with Gasteiger partial charge in [-0.05, 0) is 44.7 Å². The summed E-state index contributed by atoms with van der Waals surface area (Å²) in [7, 11) is 0. The van der Waals surface area contributed by atoms with Gasteiger partial charge in [-0.2, -0.15) is 0 Å². The Morgan fingerprint density at radius 2 is 2.13 bits per heavy atom. The highest BCUT2D eigenvalue weighted by molar-refractivity contribution is 4.81. The molecule has 0 amide bonds. The molecule has 1 heterocycles. The van der Waals surface area contributed by atoms with E-state index in [9.17, 15) is 0 Å². The summed E-state index contributed by atoms with van der Waals surface area (Å²) < 4.78 is 0. The van der Waals surface area contributed by atoms with Crippen molar-refractivity contribution >= 4 is 0 Å². The molecule has 0 aromatic rings. The fourth-order valence-electron chi connectivity index (χ4n) is 2.63. The molecule has 0 spiro atoms. The molecule has 1 saturated heterocycles. The number of nitrogens with zero attached hydrogens (tertiary/aromatic N) is 1. The van der Waals surface area contributed by atoms with E-state index in [0.29, 0.717) is 0 Å². The highest BCUT2D eigenvalue weighted by atomic mass is 15.2. The first-order valence-electron chi connectivity index (χ1n) is 6.58. The molecule has 0 bridgehead atoms. The SMILES string of the molecule is CCCNCC(C)CN1CC(C)CC1C. The zero-order valence-electron chi connectivity index (χ0n) is 10.9. The largest absolute Gasteiger partial charge is 0.316 e. The van der Waals surface area contributed by atoms with E-state index in [1.807, 2.05) is 0 Å². The van der Waals surface area contributed by atoms with Gasteiger partial charge in [0.05, 0.1) is 0 Å². The topological polar surface area (TPSA) is 15.3 Å². The van der Waals surface area contributed by atoms with E-state index in [2.05, 4.69) is 37.9 Å². The lowest BCUT2D eigenvalue weighted by Gasteiger charge is -2.25. The molecule has 1 fully saturated rings. The summed E-state index contributed by atoms with van der Waals surface area (Å²) in [6.45, 7) is 14.2. The summed E-state index contributed by atoms with van der Waals surface area (Å²) in [4.78, 5) is 2.66. The molecule has 3 unspecified atom stereocenters. The smallest absolute Gasteiger partial charge is 0.00701 e. The molecule has 3 atom stereocenters. The van der Waals surface area contributed by atoms with Gasteiger partial charge in [-0.25, -0.2) is 0 Å². The zero-order valence-corrected chi connectivity index (χ0v) is 10.9. The van der Waals surface area contributed by atoms with Gasteiger partial charge < -0.3 is 10.2 Å². The van der Waals surface area contributed by atoms with Crippen molar-refractivity contribution in [2.24, 2.45) is 11.8 Å². The lowest BCUT2D eigenvalue weighted by atomic mass is 10.1. The van der Waals surface area contributed by atoms with Crippen molar-refractivity contribution in [2.45, 2.75) is 46.6 Å². The zero-order chi connectivity index (χ0) is 11.3. The third-order valence-corrected chi connectivity index (χ3v) is 3.38. The average molecular weight is 212 g/mol. The summed E-state index contributed by atoms with van der Waals surface area (Å²) in [5.41, 5.74) is 0. The van der Waals surface area contributed by atoms with Gasteiger partial charge in [0, 0.05) is 19.1 Å². The predicted molar refractivity (Wildman–Crippen MR) is 67.1 cm³/mol. The minimum absolute atomic E-state index is 0.782. The van der Waals surface area contributed by atoms with Crippen LogP contribution in [-0.2, 0) is 0 Å². The molecular formula is C13H28N2. The Hall–Kier alpha value is -0.0800. The third-order valence-electron chi connectivity index (χ3n) is 3.38. The molecule has 1 aliphatic rings. The van der Waals surface area contributed by atoms with Crippen LogP contribution in [0, 0.1) is 11.8 Å². The van der Waals surface area contributed by atoms with E-state index in [-0.39, 0.29) is 0 Å². The summed E-state index contributed by atoms with van der Waals surface area (Å²) in [5, 5.41) is 3.51. The standard InChI is InChI=1S/C13H28N2/c1-5-6-14-8-12(3)10-15-9-11(2)7-13(15)4/h11-14H,5-10H2,1-4H3. The number of hydrogen-bond acceptors (Lipinski definition) is 2. The van der Waals surface area contributed by atoms with Crippen LogP contribution in [0.2, 0.25) is 0 Å². The van der Waals surface area contributed by atoms with Gasteiger partial charge in [0.2, 0.25) is 0 Å². The van der Waals surface area contributed by atoms with E-state index in [0.717, 1.165) is 24.4 Å². The van der Waals surface area contributed by atoms with E-state index in [1.54, 1.807) is 0 Å². The summed E-state index contributed by atoms with van der Waals surface area (Å²) in [6.07, 6.45) is 2.62. The van der Waals surface area contributed by atoms with Gasteiger partial charge in [-0.15, -0.1) is 0 Å². The first kappa shape index (κ1) is 13.0. The second-order valence-corrected chi connectivity index (χ2v) is 5.45. The van der Waals surface area contributed by atoms with Gasteiger partial charge in [0.1, 0.15) is 0 Å². The second-order valence-electron chi connectivity index (χ2n) is 5.45. The van der Waals surface area contributed by atoms with Crippen molar-refractivity contribution in [1.29, 1.82) is 0 Å². The molecule has 15 heavy (non-hydrogen) atoms. The molecule has 1 aliphatic heterocycles. The lowest BCUT2D eigenvalue weighted by molar-refractivity contribution is 0.226. The van der Waals surface area contributed by atoms with Crippen molar-refractivity contribution in [3.05, 3.63) is 0 Å². The molecule has 0 radical (unpaired) electrons. The Balaban J connectivity index is 2.16. The lowest BCUT2D eigenvalue weighted by Crippen LogP contribution is -2.35. The highest BCUT2D eigenvalue weighted by Gasteiger charge is 2.26. The van der Waals surface area contributed by atoms with Crippen molar-refractivity contribution in [2.75, 3.05) is 26.2 Å². The number of rotatable bonds is 6. The Labute approximate surface area is 95.4 Å². The van der Waals surface area contributed by atoms with Crippen molar-refractivity contribution < 1.29 is 0 Å². The molecule has 2 heteroatoms. The molecular weight excluding hydrogens is 184 g/mol. The monoisotopic (exact) mass is 212 g/mol. The highest BCUT2D eigenvalue weighted by Crippen LogP contribution is 2.22. The van der Waals surface area contributed by atoms with Crippen LogP contribution in [0.5, 0.6) is 0 Å². The quantitative estimate of drug-likeness (QED) is 0.680. The van der Waals surface area contributed by atoms with E-state index < -0.39 is 0 Å². The Morgan fingerprint density at radius 3 is 2.67 bits per heavy atom. The Morgan fingerprint density at radius 1 is 1.40 bits per heavy atom. The van der Waals surface area contributed by atoms with Crippen LogP contribution < -0.4 is 5.32 Å². The summed E-state index contributed by atoms with van der Waals surface area (Å²) in [6, 6.07) is 0.800. The third kappa shape index (κ3) is 4.52.